The molecule has 0 saturated carbocycles. The van der Waals surface area contributed by atoms with Crippen LogP contribution in [0.1, 0.15) is 0 Å². The predicted molar refractivity (Wildman–Crippen MR) is 73.2 cm³/mol. The van der Waals surface area contributed by atoms with Gasteiger partial charge in [0.2, 0.25) is 0 Å². The fourth-order valence-electron chi connectivity index (χ4n) is 1.70. The Kier molecular flexibility index (Phi) is 10.6. The SMILES string of the molecule is O=C[C@@H](O)[C@@H](O)[C@H](O)[C@H](O)CO.OC[C@H]1OC(O)[C@@H](O)[C@@H](O)[C@@H]1O. The van der Waals surface area contributed by atoms with Crippen LogP contribution in [-0.4, -0.2) is 126 Å². The van der Waals surface area contributed by atoms with Crippen molar-refractivity contribution < 1.29 is 60.6 Å². The van der Waals surface area contributed by atoms with Gasteiger partial charge in [0.1, 0.15) is 48.8 Å². The van der Waals surface area contributed by atoms with Crippen LogP contribution in [0.5, 0.6) is 0 Å². The molecule has 0 aliphatic carbocycles. The smallest absolute Gasteiger partial charge is 0.184 e. The highest BCUT2D eigenvalue weighted by Crippen LogP contribution is 2.19. The highest BCUT2D eigenvalue weighted by Gasteiger charge is 2.42. The average Bonchev–Trinajstić information content (AvgIpc) is 2.60. The van der Waals surface area contributed by atoms with E-state index in [4.69, 9.17) is 51.1 Å². The van der Waals surface area contributed by atoms with Crippen molar-refractivity contribution >= 4 is 6.29 Å². The van der Waals surface area contributed by atoms with E-state index in [0.717, 1.165) is 0 Å². The van der Waals surface area contributed by atoms with Crippen LogP contribution in [-0.2, 0) is 9.53 Å². The van der Waals surface area contributed by atoms with Crippen molar-refractivity contribution in [3.05, 3.63) is 0 Å². The zero-order valence-electron chi connectivity index (χ0n) is 12.5. The van der Waals surface area contributed by atoms with Gasteiger partial charge >= 0.3 is 0 Å². The van der Waals surface area contributed by atoms with E-state index in [1.165, 1.54) is 0 Å². The summed E-state index contributed by atoms with van der Waals surface area (Å²) in [7, 11) is 0. The third-order valence-electron chi connectivity index (χ3n) is 3.29. The highest BCUT2D eigenvalue weighted by molar-refractivity contribution is 5.56. The Bertz CT molecular complexity index is 350. The third-order valence-corrected chi connectivity index (χ3v) is 3.29. The quantitative estimate of drug-likeness (QED) is 0.199. The highest BCUT2D eigenvalue weighted by atomic mass is 16.6. The van der Waals surface area contributed by atoms with Crippen molar-refractivity contribution in [2.24, 2.45) is 0 Å². The Balaban J connectivity index is 0.000000441. The Morgan fingerprint density at radius 3 is 1.83 bits per heavy atom. The summed E-state index contributed by atoms with van der Waals surface area (Å²) < 4.78 is 4.58. The van der Waals surface area contributed by atoms with E-state index < -0.39 is 68.3 Å². The second-order valence-corrected chi connectivity index (χ2v) is 5.08. The molecule has 1 unspecified atom stereocenters. The standard InChI is InChI=1S/2C6H12O6/c7-1-2-3(8)4(9)5(10)6(11)12-2;7-1-3(9)5(11)6(12)4(10)2-8/h2-11H,1H2;1,3-6,8-12H,2H2/t2-,3-,4+,5+,6?;3-,4-,5-,6-/m11/s1. The van der Waals surface area contributed by atoms with Crippen LogP contribution < -0.4 is 0 Å². The van der Waals surface area contributed by atoms with Crippen molar-refractivity contribution in [2.45, 2.75) is 55.1 Å². The molecule has 9 atom stereocenters. The molecule has 0 spiro atoms. The lowest BCUT2D eigenvalue weighted by atomic mass is 10.00. The molecule has 1 aliphatic heterocycles. The van der Waals surface area contributed by atoms with Gasteiger partial charge in [0, 0.05) is 0 Å². The second kappa shape index (κ2) is 11.0. The van der Waals surface area contributed by atoms with Gasteiger partial charge in [-0.15, -0.1) is 0 Å². The zero-order valence-corrected chi connectivity index (χ0v) is 12.5. The van der Waals surface area contributed by atoms with Crippen molar-refractivity contribution in [3.63, 3.8) is 0 Å². The average molecular weight is 360 g/mol. The van der Waals surface area contributed by atoms with Crippen LogP contribution in [0.2, 0.25) is 0 Å². The molecule has 1 saturated heterocycles. The number of hydrogen-bond donors (Lipinski definition) is 10. The van der Waals surface area contributed by atoms with Gasteiger partial charge in [-0.25, -0.2) is 0 Å². The molecule has 10 N–H and O–H groups in total. The normalized spacial score (nSPS) is 35.2. The van der Waals surface area contributed by atoms with E-state index in [1.807, 2.05) is 0 Å². The van der Waals surface area contributed by atoms with E-state index in [0.29, 0.717) is 0 Å². The van der Waals surface area contributed by atoms with Gasteiger partial charge in [-0.1, -0.05) is 0 Å². The van der Waals surface area contributed by atoms with Crippen molar-refractivity contribution in [3.8, 4) is 0 Å². The minimum Gasteiger partial charge on any atom is -0.394 e. The van der Waals surface area contributed by atoms with Crippen LogP contribution in [0.4, 0.5) is 0 Å². The van der Waals surface area contributed by atoms with E-state index in [2.05, 4.69) is 4.74 Å². The summed E-state index contributed by atoms with van der Waals surface area (Å²) in [5.41, 5.74) is 0. The van der Waals surface area contributed by atoms with Crippen molar-refractivity contribution in [1.29, 1.82) is 0 Å². The van der Waals surface area contributed by atoms with Gasteiger partial charge in [-0.2, -0.15) is 0 Å². The lowest BCUT2D eigenvalue weighted by Gasteiger charge is -2.37. The number of aliphatic hydroxyl groups is 10. The van der Waals surface area contributed by atoms with E-state index in [9.17, 15) is 4.79 Å². The van der Waals surface area contributed by atoms with Crippen LogP contribution >= 0.6 is 0 Å². The van der Waals surface area contributed by atoms with Crippen LogP contribution in [0.25, 0.3) is 0 Å². The molecule has 0 radical (unpaired) electrons. The van der Waals surface area contributed by atoms with Gasteiger partial charge in [-0.3, -0.25) is 0 Å². The summed E-state index contributed by atoms with van der Waals surface area (Å²) in [5.74, 6) is 0. The van der Waals surface area contributed by atoms with Crippen LogP contribution in [0, 0.1) is 0 Å². The number of aliphatic hydroxyl groups excluding tert-OH is 10. The Morgan fingerprint density at radius 1 is 0.875 bits per heavy atom. The molecule has 1 rings (SSSR count). The Labute approximate surface area is 136 Å². The minimum atomic E-state index is -1.79. The first-order valence-electron chi connectivity index (χ1n) is 6.89. The first-order chi connectivity index (χ1) is 11.1. The maximum Gasteiger partial charge on any atom is 0.184 e. The fourth-order valence-corrected chi connectivity index (χ4v) is 1.70. The molecule has 24 heavy (non-hydrogen) atoms. The molecule has 1 aliphatic rings. The molecule has 1 fully saturated rings. The van der Waals surface area contributed by atoms with Gasteiger partial charge in [0.25, 0.3) is 0 Å². The largest absolute Gasteiger partial charge is 0.394 e. The molecule has 12 heteroatoms. The molecule has 0 amide bonds. The molecule has 144 valence electrons. The lowest BCUT2D eigenvalue weighted by molar-refractivity contribution is -0.286. The number of ether oxygens (including phenoxy) is 1. The molecule has 0 aromatic rings. The Hall–Kier alpha value is -0.770. The van der Waals surface area contributed by atoms with Crippen molar-refractivity contribution in [2.75, 3.05) is 13.2 Å². The molecule has 0 aromatic heterocycles. The molecule has 0 aromatic carbocycles. The number of carbonyl (C=O) groups is 1. The van der Waals surface area contributed by atoms with Gasteiger partial charge in [-0.05, 0) is 0 Å². The van der Waals surface area contributed by atoms with E-state index >= 15 is 0 Å². The lowest BCUT2D eigenvalue weighted by Crippen LogP contribution is -2.58. The summed E-state index contributed by atoms with van der Waals surface area (Å²) in [4.78, 5) is 9.90. The van der Waals surface area contributed by atoms with Crippen LogP contribution in [0.3, 0.4) is 0 Å². The van der Waals surface area contributed by atoms with Gasteiger partial charge in [0.05, 0.1) is 13.2 Å². The van der Waals surface area contributed by atoms with E-state index in [-0.39, 0.29) is 6.29 Å². The molecular formula is C12H24O12. The predicted octanol–water partition coefficient (Wildman–Crippen LogP) is -6.60. The fraction of sp³-hybridized carbons (Fsp3) is 0.917. The molecule has 12 nitrogen and oxygen atoms in total. The molecule has 1 heterocycles. The summed E-state index contributed by atoms with van der Waals surface area (Å²) in [6.45, 7) is -1.29. The van der Waals surface area contributed by atoms with E-state index in [1.54, 1.807) is 0 Å². The topological polar surface area (TPSA) is 229 Å². The number of rotatable bonds is 6. The van der Waals surface area contributed by atoms with Crippen molar-refractivity contribution in [1.82, 2.24) is 0 Å². The summed E-state index contributed by atoms with van der Waals surface area (Å²) in [6.07, 6.45) is -13.9. The first kappa shape index (κ1) is 23.2. The zero-order chi connectivity index (χ0) is 19.0. The monoisotopic (exact) mass is 360 g/mol. The van der Waals surface area contributed by atoms with Crippen LogP contribution in [0.15, 0.2) is 0 Å². The van der Waals surface area contributed by atoms with Gasteiger partial charge in [0.15, 0.2) is 12.6 Å². The third kappa shape index (κ3) is 6.27. The summed E-state index contributed by atoms with van der Waals surface area (Å²) in [5, 5.41) is 88.2. The summed E-state index contributed by atoms with van der Waals surface area (Å²) in [6, 6.07) is 0. The number of aldehydes is 1. The maximum atomic E-state index is 9.90. The first-order valence-corrected chi connectivity index (χ1v) is 6.89. The minimum absolute atomic E-state index is 0.0258. The number of hydrogen-bond acceptors (Lipinski definition) is 12. The second-order valence-electron chi connectivity index (χ2n) is 5.08. The molecular weight excluding hydrogens is 336 g/mol. The molecule has 0 bridgehead atoms. The maximum absolute atomic E-state index is 9.90. The summed E-state index contributed by atoms with van der Waals surface area (Å²) >= 11 is 0. The van der Waals surface area contributed by atoms with Gasteiger partial charge < -0.3 is 60.6 Å². The number of carbonyl (C=O) groups excluding carboxylic acids is 1. The Morgan fingerprint density at radius 2 is 1.42 bits per heavy atom.